The summed E-state index contributed by atoms with van der Waals surface area (Å²) in [6.45, 7) is 8.58. The van der Waals surface area contributed by atoms with Crippen molar-refractivity contribution in [2.24, 2.45) is 0 Å². The summed E-state index contributed by atoms with van der Waals surface area (Å²) >= 11 is 3.13. The maximum absolute atomic E-state index is 13.5. The average molecular weight is 318 g/mol. The first-order valence-electron chi connectivity index (χ1n) is 5.98. The van der Waals surface area contributed by atoms with E-state index in [2.05, 4.69) is 27.8 Å². The van der Waals surface area contributed by atoms with E-state index in [1.165, 1.54) is 6.07 Å². The fourth-order valence-corrected chi connectivity index (χ4v) is 2.41. The number of benzene rings is 1. The molecule has 0 fully saturated rings. The minimum absolute atomic E-state index is 0.00354. The molecule has 1 atom stereocenters. The molecule has 0 heterocycles. The van der Waals surface area contributed by atoms with Crippen molar-refractivity contribution < 1.29 is 8.78 Å². The van der Waals surface area contributed by atoms with Crippen LogP contribution in [0.25, 0.3) is 0 Å². The average Bonchev–Trinajstić information content (AvgIpc) is 2.32. The highest BCUT2D eigenvalue weighted by molar-refractivity contribution is 9.10. The first-order chi connectivity index (χ1) is 8.47. The molecule has 4 heteroatoms. The van der Waals surface area contributed by atoms with E-state index in [1.54, 1.807) is 6.07 Å². The standard InChI is InChI=1S/C14H18BrF2N/c1-4-18-12(8-5-9(2)3)10-6-7-11(16)14(17)13(10)15/h6-7,12,18H,2,4-5,8H2,1,3H3. The molecule has 1 aromatic carbocycles. The van der Waals surface area contributed by atoms with Crippen LogP contribution in [0.3, 0.4) is 0 Å². The van der Waals surface area contributed by atoms with E-state index in [9.17, 15) is 8.78 Å². The van der Waals surface area contributed by atoms with Gasteiger partial charge in [0, 0.05) is 6.04 Å². The van der Waals surface area contributed by atoms with Crippen molar-refractivity contribution >= 4 is 15.9 Å². The van der Waals surface area contributed by atoms with E-state index in [-0.39, 0.29) is 10.5 Å². The fraction of sp³-hybridized carbons (Fsp3) is 0.429. The Labute approximate surface area is 115 Å². The van der Waals surface area contributed by atoms with Crippen LogP contribution < -0.4 is 5.32 Å². The molecule has 1 nitrogen and oxygen atoms in total. The van der Waals surface area contributed by atoms with Crippen LogP contribution >= 0.6 is 15.9 Å². The van der Waals surface area contributed by atoms with E-state index in [1.807, 2.05) is 13.8 Å². The van der Waals surface area contributed by atoms with Gasteiger partial charge in [-0.15, -0.1) is 6.58 Å². The number of nitrogens with one attached hydrogen (secondary N) is 1. The van der Waals surface area contributed by atoms with Gasteiger partial charge in [0.1, 0.15) is 0 Å². The molecule has 1 rings (SSSR count). The van der Waals surface area contributed by atoms with Gasteiger partial charge >= 0.3 is 0 Å². The van der Waals surface area contributed by atoms with E-state index in [0.717, 1.165) is 30.5 Å². The summed E-state index contributed by atoms with van der Waals surface area (Å²) in [5, 5.41) is 3.28. The van der Waals surface area contributed by atoms with Crippen LogP contribution in [-0.2, 0) is 0 Å². The lowest BCUT2D eigenvalue weighted by molar-refractivity contribution is 0.482. The molecule has 0 radical (unpaired) electrons. The van der Waals surface area contributed by atoms with Gasteiger partial charge < -0.3 is 5.32 Å². The predicted molar refractivity (Wildman–Crippen MR) is 74.5 cm³/mol. The maximum atomic E-state index is 13.5. The Bertz CT molecular complexity index is 432. The molecule has 0 aliphatic heterocycles. The molecule has 1 aromatic rings. The summed E-state index contributed by atoms with van der Waals surface area (Å²) in [4.78, 5) is 0. The van der Waals surface area contributed by atoms with Gasteiger partial charge in [-0.2, -0.15) is 0 Å². The normalized spacial score (nSPS) is 12.5. The molecule has 100 valence electrons. The summed E-state index contributed by atoms with van der Waals surface area (Å²) in [6.07, 6.45) is 1.66. The van der Waals surface area contributed by atoms with E-state index in [0.29, 0.717) is 0 Å². The zero-order valence-electron chi connectivity index (χ0n) is 10.7. The monoisotopic (exact) mass is 317 g/mol. The summed E-state index contributed by atoms with van der Waals surface area (Å²) in [5.41, 5.74) is 1.83. The molecule has 0 amide bonds. The van der Waals surface area contributed by atoms with Crippen LogP contribution in [-0.4, -0.2) is 6.54 Å². The molecule has 0 aliphatic carbocycles. The molecular weight excluding hydrogens is 300 g/mol. The lowest BCUT2D eigenvalue weighted by atomic mass is 9.99. The summed E-state index contributed by atoms with van der Waals surface area (Å²) < 4.78 is 26.8. The van der Waals surface area contributed by atoms with Crippen molar-refractivity contribution in [3.8, 4) is 0 Å². The quantitative estimate of drug-likeness (QED) is 0.590. The second-order valence-electron chi connectivity index (χ2n) is 4.37. The smallest absolute Gasteiger partial charge is 0.173 e. The molecule has 18 heavy (non-hydrogen) atoms. The van der Waals surface area contributed by atoms with Gasteiger partial charge in [-0.1, -0.05) is 18.6 Å². The van der Waals surface area contributed by atoms with Crippen LogP contribution in [0.15, 0.2) is 28.8 Å². The van der Waals surface area contributed by atoms with Crippen molar-refractivity contribution in [2.75, 3.05) is 6.54 Å². The lowest BCUT2D eigenvalue weighted by Crippen LogP contribution is -2.21. The number of hydrogen-bond donors (Lipinski definition) is 1. The third kappa shape index (κ3) is 3.89. The Morgan fingerprint density at radius 2 is 2.11 bits per heavy atom. The molecule has 0 saturated heterocycles. The number of allylic oxidation sites excluding steroid dienone is 1. The van der Waals surface area contributed by atoms with Gasteiger partial charge in [0.15, 0.2) is 11.6 Å². The third-order valence-electron chi connectivity index (χ3n) is 2.75. The number of hydrogen-bond acceptors (Lipinski definition) is 1. The van der Waals surface area contributed by atoms with Gasteiger partial charge in [0.2, 0.25) is 0 Å². The third-order valence-corrected chi connectivity index (χ3v) is 3.56. The molecular formula is C14H18BrF2N. The first kappa shape index (κ1) is 15.3. The Kier molecular flexibility index (Phi) is 5.96. The van der Waals surface area contributed by atoms with Crippen molar-refractivity contribution in [3.63, 3.8) is 0 Å². The molecule has 0 aliphatic rings. The Morgan fingerprint density at radius 3 is 2.67 bits per heavy atom. The minimum atomic E-state index is -0.833. The fourth-order valence-electron chi connectivity index (χ4n) is 1.81. The molecule has 0 aromatic heterocycles. The molecule has 0 saturated carbocycles. The Morgan fingerprint density at radius 1 is 1.44 bits per heavy atom. The van der Waals surface area contributed by atoms with Crippen LogP contribution in [0.2, 0.25) is 0 Å². The molecule has 1 unspecified atom stereocenters. The zero-order chi connectivity index (χ0) is 13.7. The topological polar surface area (TPSA) is 12.0 Å². The highest BCUT2D eigenvalue weighted by atomic mass is 79.9. The van der Waals surface area contributed by atoms with Crippen LogP contribution in [0.5, 0.6) is 0 Å². The summed E-state index contributed by atoms with van der Waals surface area (Å²) in [6, 6.07) is 2.78. The summed E-state index contributed by atoms with van der Waals surface area (Å²) in [7, 11) is 0. The van der Waals surface area contributed by atoms with Crippen molar-refractivity contribution in [1.82, 2.24) is 5.32 Å². The van der Waals surface area contributed by atoms with Gasteiger partial charge in [-0.25, -0.2) is 8.78 Å². The molecule has 0 bridgehead atoms. The van der Waals surface area contributed by atoms with Crippen LogP contribution in [0.1, 0.15) is 38.3 Å². The second kappa shape index (κ2) is 7.00. The first-order valence-corrected chi connectivity index (χ1v) is 6.77. The maximum Gasteiger partial charge on any atom is 0.173 e. The SMILES string of the molecule is C=C(C)CCC(NCC)c1ccc(F)c(F)c1Br. The van der Waals surface area contributed by atoms with Gasteiger partial charge in [-0.3, -0.25) is 0 Å². The van der Waals surface area contributed by atoms with Crippen molar-refractivity contribution in [3.05, 3.63) is 46.0 Å². The highest BCUT2D eigenvalue weighted by Gasteiger charge is 2.18. The number of halogens is 3. The Balaban J connectivity index is 2.98. The number of rotatable bonds is 6. The zero-order valence-corrected chi connectivity index (χ0v) is 12.3. The summed E-state index contributed by atoms with van der Waals surface area (Å²) in [5.74, 6) is -1.66. The van der Waals surface area contributed by atoms with Gasteiger partial charge in [-0.05, 0) is 53.9 Å². The largest absolute Gasteiger partial charge is 0.310 e. The van der Waals surface area contributed by atoms with Gasteiger partial charge in [0.05, 0.1) is 4.47 Å². The minimum Gasteiger partial charge on any atom is -0.310 e. The van der Waals surface area contributed by atoms with E-state index in [4.69, 9.17) is 0 Å². The molecule has 0 spiro atoms. The highest BCUT2D eigenvalue weighted by Crippen LogP contribution is 2.30. The predicted octanol–water partition coefficient (Wildman–Crippen LogP) is 4.73. The van der Waals surface area contributed by atoms with Crippen molar-refractivity contribution in [2.45, 2.75) is 32.7 Å². The van der Waals surface area contributed by atoms with Crippen molar-refractivity contribution in [1.29, 1.82) is 0 Å². The van der Waals surface area contributed by atoms with E-state index < -0.39 is 11.6 Å². The molecule has 1 N–H and O–H groups in total. The Hall–Kier alpha value is -0.740. The van der Waals surface area contributed by atoms with Gasteiger partial charge in [0.25, 0.3) is 0 Å². The lowest BCUT2D eigenvalue weighted by Gasteiger charge is -2.20. The van der Waals surface area contributed by atoms with Crippen LogP contribution in [0.4, 0.5) is 8.78 Å². The van der Waals surface area contributed by atoms with Crippen LogP contribution in [0, 0.1) is 11.6 Å². The van der Waals surface area contributed by atoms with E-state index >= 15 is 0 Å². The second-order valence-corrected chi connectivity index (χ2v) is 5.16.